The number of nitrogens with two attached hydrogens (primary N) is 1. The number of hydrogen-bond donors (Lipinski definition) is 5. The zero-order valence-corrected chi connectivity index (χ0v) is 22.0. The Morgan fingerprint density at radius 2 is 1.90 bits per heavy atom. The monoisotopic (exact) mass is 560 g/mol. The van der Waals surface area contributed by atoms with Crippen LogP contribution in [0.5, 0.6) is 0 Å². The van der Waals surface area contributed by atoms with Crippen LogP contribution in [0.4, 0.5) is 0 Å². The van der Waals surface area contributed by atoms with Crippen molar-refractivity contribution in [2.45, 2.75) is 42.3 Å². The van der Waals surface area contributed by atoms with E-state index in [9.17, 15) is 27.9 Å². The van der Waals surface area contributed by atoms with Crippen molar-refractivity contribution in [1.29, 1.82) is 5.41 Å². The number of benzene rings is 2. The van der Waals surface area contributed by atoms with Crippen LogP contribution in [0.15, 0.2) is 47.4 Å². The molecule has 2 aliphatic rings. The van der Waals surface area contributed by atoms with E-state index in [-0.39, 0.29) is 30.0 Å². The molecule has 1 aliphatic carbocycles. The Hall–Kier alpha value is -3.75. The number of aliphatic carboxylic acids is 1. The third-order valence-electron chi connectivity index (χ3n) is 6.66. The van der Waals surface area contributed by atoms with Gasteiger partial charge in [-0.25, -0.2) is 8.42 Å². The van der Waals surface area contributed by atoms with Crippen LogP contribution >= 0.6 is 0 Å². The Kier molecular flexibility index (Phi) is 8.67. The molecule has 210 valence electrons. The lowest BCUT2D eigenvalue weighted by molar-refractivity contribution is -0.146. The molecule has 13 nitrogen and oxygen atoms in total. The molecular formula is C25H32N6O7S. The summed E-state index contributed by atoms with van der Waals surface area (Å²) in [5.74, 6) is -2.82. The average molecular weight is 561 g/mol. The molecule has 1 saturated heterocycles. The van der Waals surface area contributed by atoms with Gasteiger partial charge in [0.25, 0.3) is 0 Å². The van der Waals surface area contributed by atoms with E-state index < -0.39 is 52.9 Å². The molecule has 0 spiro atoms. The van der Waals surface area contributed by atoms with Crippen molar-refractivity contribution >= 4 is 44.5 Å². The lowest BCUT2D eigenvalue weighted by Crippen LogP contribution is -2.56. The van der Waals surface area contributed by atoms with Gasteiger partial charge in [-0.1, -0.05) is 30.3 Å². The molecule has 1 aliphatic heterocycles. The zero-order valence-electron chi connectivity index (χ0n) is 21.2. The van der Waals surface area contributed by atoms with Crippen LogP contribution in [0, 0.1) is 5.41 Å². The van der Waals surface area contributed by atoms with E-state index in [1.807, 2.05) is 12.1 Å². The molecule has 1 saturated carbocycles. The molecule has 2 fully saturated rings. The topological polar surface area (TPSA) is 195 Å². The average Bonchev–Trinajstić information content (AvgIpc) is 3.75. The second-order valence-corrected chi connectivity index (χ2v) is 11.3. The first kappa shape index (κ1) is 28.3. The van der Waals surface area contributed by atoms with Crippen molar-refractivity contribution in [3.8, 4) is 0 Å². The summed E-state index contributed by atoms with van der Waals surface area (Å²) in [5.41, 5.74) is 5.62. The number of hydrogen-bond acceptors (Lipinski definition) is 7. The number of guanidine groups is 1. The molecule has 2 aromatic carbocycles. The van der Waals surface area contributed by atoms with Gasteiger partial charge in [-0.2, -0.15) is 4.72 Å². The molecule has 0 bridgehead atoms. The number of carbonyl (C=O) groups excluding carboxylic acids is 2. The summed E-state index contributed by atoms with van der Waals surface area (Å²) in [5, 5.41) is 21.2. The predicted octanol–water partition coefficient (Wildman–Crippen LogP) is -0.337. The molecule has 1 unspecified atom stereocenters. The quantitative estimate of drug-likeness (QED) is 0.180. The molecule has 39 heavy (non-hydrogen) atoms. The summed E-state index contributed by atoms with van der Waals surface area (Å²) in [7, 11) is -4.26. The molecule has 1 heterocycles. The van der Waals surface area contributed by atoms with E-state index in [0.717, 1.165) is 10.3 Å². The number of sulfonamides is 1. The lowest BCUT2D eigenvalue weighted by atomic mass is 10.1. The smallest absolute Gasteiger partial charge is 0.323 e. The number of amides is 2. The Balaban J connectivity index is 1.53. The fraction of sp³-hybridized carbons (Fsp3) is 0.440. The maximum absolute atomic E-state index is 13.4. The highest BCUT2D eigenvalue weighted by molar-refractivity contribution is 7.89. The first-order valence-electron chi connectivity index (χ1n) is 12.5. The molecule has 0 radical (unpaired) electrons. The van der Waals surface area contributed by atoms with Gasteiger partial charge in [-0.15, -0.1) is 0 Å². The van der Waals surface area contributed by atoms with Crippen LogP contribution in [0.3, 0.4) is 0 Å². The SMILES string of the molecule is N=C(N)N1CCOCC1CNC(=O)C[C@H](NS(=O)(=O)c1ccc2ccccc2c1)C(=O)N(CC(=O)O)C1CC1. The van der Waals surface area contributed by atoms with E-state index in [1.54, 1.807) is 23.1 Å². The predicted molar refractivity (Wildman–Crippen MR) is 141 cm³/mol. The van der Waals surface area contributed by atoms with Gasteiger partial charge in [-0.05, 0) is 35.7 Å². The molecule has 2 aromatic rings. The van der Waals surface area contributed by atoms with Crippen molar-refractivity contribution in [2.75, 3.05) is 32.8 Å². The Bertz CT molecular complexity index is 1360. The van der Waals surface area contributed by atoms with Crippen LogP contribution in [-0.2, 0) is 29.1 Å². The minimum absolute atomic E-state index is 0.0538. The molecular weight excluding hydrogens is 528 g/mol. The first-order valence-corrected chi connectivity index (χ1v) is 14.0. The number of nitrogens with zero attached hydrogens (tertiary/aromatic N) is 2. The highest BCUT2D eigenvalue weighted by Gasteiger charge is 2.39. The van der Waals surface area contributed by atoms with Crippen LogP contribution in [0.1, 0.15) is 19.3 Å². The second kappa shape index (κ2) is 12.0. The Morgan fingerprint density at radius 3 is 2.56 bits per heavy atom. The molecule has 14 heteroatoms. The lowest BCUT2D eigenvalue weighted by Gasteiger charge is -2.36. The van der Waals surface area contributed by atoms with Gasteiger partial charge in [0.1, 0.15) is 12.6 Å². The van der Waals surface area contributed by atoms with Gasteiger partial charge >= 0.3 is 5.97 Å². The van der Waals surface area contributed by atoms with Gasteiger partial charge in [0.15, 0.2) is 5.96 Å². The number of carboxylic acid groups (broad SMARTS) is 1. The largest absolute Gasteiger partial charge is 0.480 e. The summed E-state index contributed by atoms with van der Waals surface area (Å²) < 4.78 is 34.4. The van der Waals surface area contributed by atoms with Gasteiger partial charge in [-0.3, -0.25) is 19.8 Å². The molecule has 4 rings (SSSR count). The normalized spacial score (nSPS) is 18.4. The number of carboxylic acids is 1. The van der Waals surface area contributed by atoms with Gasteiger partial charge in [0.05, 0.1) is 30.6 Å². The van der Waals surface area contributed by atoms with Crippen LogP contribution in [-0.4, -0.2) is 98.0 Å². The van der Waals surface area contributed by atoms with Crippen molar-refractivity contribution < 1.29 is 32.6 Å². The van der Waals surface area contributed by atoms with Crippen molar-refractivity contribution in [1.82, 2.24) is 19.8 Å². The Morgan fingerprint density at radius 1 is 1.18 bits per heavy atom. The third-order valence-corrected chi connectivity index (χ3v) is 8.13. The summed E-state index contributed by atoms with van der Waals surface area (Å²) in [4.78, 5) is 40.4. The summed E-state index contributed by atoms with van der Waals surface area (Å²) in [6.07, 6.45) is 0.637. The minimum atomic E-state index is -4.26. The maximum Gasteiger partial charge on any atom is 0.323 e. The first-order chi connectivity index (χ1) is 18.5. The Labute approximate surface area is 225 Å². The molecule has 2 amide bonds. The fourth-order valence-corrected chi connectivity index (χ4v) is 5.74. The molecule has 6 N–H and O–H groups in total. The maximum atomic E-state index is 13.4. The number of carbonyl (C=O) groups is 3. The summed E-state index contributed by atoms with van der Waals surface area (Å²) >= 11 is 0. The van der Waals surface area contributed by atoms with Crippen molar-refractivity contribution in [3.63, 3.8) is 0 Å². The van der Waals surface area contributed by atoms with Gasteiger partial charge in [0.2, 0.25) is 21.8 Å². The van der Waals surface area contributed by atoms with E-state index in [0.29, 0.717) is 31.4 Å². The van der Waals surface area contributed by atoms with E-state index in [4.69, 9.17) is 15.9 Å². The number of morpholine rings is 1. The van der Waals surface area contributed by atoms with E-state index in [2.05, 4.69) is 10.0 Å². The van der Waals surface area contributed by atoms with Crippen LogP contribution in [0.25, 0.3) is 10.8 Å². The number of rotatable bonds is 11. The van der Waals surface area contributed by atoms with Crippen molar-refractivity contribution in [2.24, 2.45) is 5.73 Å². The number of nitrogens with one attached hydrogen (secondary N) is 3. The van der Waals surface area contributed by atoms with Crippen molar-refractivity contribution in [3.05, 3.63) is 42.5 Å². The van der Waals surface area contributed by atoms with Gasteiger partial charge in [0, 0.05) is 19.1 Å². The summed E-state index contributed by atoms with van der Waals surface area (Å²) in [6.45, 7) is 0.446. The molecule has 0 aromatic heterocycles. The second-order valence-electron chi connectivity index (χ2n) is 9.59. The number of ether oxygens (including phenoxy) is 1. The highest BCUT2D eigenvalue weighted by Crippen LogP contribution is 2.28. The summed E-state index contributed by atoms with van der Waals surface area (Å²) in [6, 6.07) is 9.43. The zero-order chi connectivity index (χ0) is 28.2. The highest BCUT2D eigenvalue weighted by atomic mass is 32.2. The van der Waals surface area contributed by atoms with E-state index >= 15 is 0 Å². The fourth-order valence-electron chi connectivity index (χ4n) is 4.52. The number of fused-ring (bicyclic) bond motifs is 1. The van der Waals surface area contributed by atoms with Gasteiger partial charge < -0.3 is 30.7 Å². The standard InChI is InChI=1S/C25H32N6O7S/c26-25(27)30-9-10-38-15-19(30)13-28-22(32)12-21(24(35)31(14-23(33)34)18-6-7-18)29-39(36,37)20-8-5-16-3-1-2-4-17(16)11-20/h1-5,8,11,18-19,21,29H,6-7,9-10,12-15H2,(H3,26,27)(H,28,32)(H,33,34)/t19?,21-/m0/s1. The third kappa shape index (κ3) is 7.22. The minimum Gasteiger partial charge on any atom is -0.480 e. The van der Waals surface area contributed by atoms with Crippen LogP contribution in [0.2, 0.25) is 0 Å². The van der Waals surface area contributed by atoms with Crippen LogP contribution < -0.4 is 15.8 Å². The van der Waals surface area contributed by atoms with E-state index in [1.165, 1.54) is 12.1 Å². The molecule has 2 atom stereocenters.